The monoisotopic (exact) mass is 168 g/mol. The van der Waals surface area contributed by atoms with Gasteiger partial charge in [-0.1, -0.05) is 6.92 Å². The molecule has 1 heterocycles. The molecule has 4 nitrogen and oxygen atoms in total. The van der Waals surface area contributed by atoms with Crippen LogP contribution in [-0.2, 0) is 13.1 Å². The third-order valence-corrected chi connectivity index (χ3v) is 1.71. The molecule has 0 aliphatic rings. The molecule has 0 bridgehead atoms. The minimum Gasteiger partial charge on any atom is -0.310 e. The second kappa shape index (κ2) is 4.87. The molecule has 0 atom stereocenters. The summed E-state index contributed by atoms with van der Waals surface area (Å²) in [7, 11) is 0. The van der Waals surface area contributed by atoms with Gasteiger partial charge in [0.2, 0.25) is 0 Å². The van der Waals surface area contributed by atoms with Crippen molar-refractivity contribution >= 4 is 0 Å². The zero-order valence-corrected chi connectivity index (χ0v) is 7.75. The highest BCUT2D eigenvalue weighted by Gasteiger charge is 1.99. The van der Waals surface area contributed by atoms with E-state index in [0.717, 1.165) is 31.9 Å². The summed E-state index contributed by atoms with van der Waals surface area (Å²) in [6.45, 7) is 6.97. The van der Waals surface area contributed by atoms with Crippen LogP contribution in [0.4, 0.5) is 0 Å². The lowest BCUT2D eigenvalue weighted by molar-refractivity contribution is 0.570. The van der Waals surface area contributed by atoms with Crippen molar-refractivity contribution < 1.29 is 0 Å². The van der Waals surface area contributed by atoms with Gasteiger partial charge < -0.3 is 5.32 Å². The Balaban J connectivity index is 2.39. The third-order valence-electron chi connectivity index (χ3n) is 1.71. The summed E-state index contributed by atoms with van der Waals surface area (Å²) in [5.74, 6) is 1.02. The van der Waals surface area contributed by atoms with Crippen molar-refractivity contribution in [3.8, 4) is 0 Å². The van der Waals surface area contributed by atoms with Crippen LogP contribution < -0.4 is 5.32 Å². The fourth-order valence-corrected chi connectivity index (χ4v) is 1.07. The average Bonchev–Trinajstić information content (AvgIpc) is 2.52. The molecule has 0 unspecified atom stereocenters. The van der Waals surface area contributed by atoms with Crippen molar-refractivity contribution in [2.24, 2.45) is 0 Å². The summed E-state index contributed by atoms with van der Waals surface area (Å²) in [5.41, 5.74) is 0. The molecule has 12 heavy (non-hydrogen) atoms. The van der Waals surface area contributed by atoms with Gasteiger partial charge in [0.15, 0.2) is 0 Å². The van der Waals surface area contributed by atoms with Crippen LogP contribution in [0.15, 0.2) is 6.33 Å². The maximum absolute atomic E-state index is 4.15. The van der Waals surface area contributed by atoms with Crippen LogP contribution in [0.2, 0.25) is 0 Å². The van der Waals surface area contributed by atoms with Gasteiger partial charge in [0.1, 0.15) is 12.2 Å². The molecule has 0 spiro atoms. The van der Waals surface area contributed by atoms with E-state index in [-0.39, 0.29) is 0 Å². The molecule has 68 valence electrons. The van der Waals surface area contributed by atoms with Gasteiger partial charge in [-0.2, -0.15) is 5.10 Å². The quantitative estimate of drug-likeness (QED) is 0.661. The van der Waals surface area contributed by atoms with E-state index < -0.39 is 0 Å². The number of hydrogen-bond donors (Lipinski definition) is 1. The Hall–Kier alpha value is -0.900. The Labute approximate surface area is 73.0 Å². The summed E-state index contributed by atoms with van der Waals surface area (Å²) in [6, 6.07) is 0. The summed E-state index contributed by atoms with van der Waals surface area (Å²) >= 11 is 0. The van der Waals surface area contributed by atoms with E-state index in [2.05, 4.69) is 29.2 Å². The highest BCUT2D eigenvalue weighted by molar-refractivity contribution is 4.82. The Morgan fingerprint density at radius 2 is 2.33 bits per heavy atom. The third kappa shape index (κ3) is 2.30. The van der Waals surface area contributed by atoms with Crippen LogP contribution in [-0.4, -0.2) is 21.3 Å². The lowest BCUT2D eigenvalue weighted by atomic mass is 10.4. The van der Waals surface area contributed by atoms with Crippen molar-refractivity contribution in [2.75, 3.05) is 6.54 Å². The van der Waals surface area contributed by atoms with Crippen LogP contribution in [0.5, 0.6) is 0 Å². The number of rotatable bonds is 5. The van der Waals surface area contributed by atoms with Gasteiger partial charge in [-0.25, -0.2) is 9.67 Å². The molecule has 0 amide bonds. The average molecular weight is 168 g/mol. The van der Waals surface area contributed by atoms with Crippen LogP contribution in [0.25, 0.3) is 0 Å². The van der Waals surface area contributed by atoms with E-state index in [0.29, 0.717) is 0 Å². The molecule has 0 aliphatic heterocycles. The summed E-state index contributed by atoms with van der Waals surface area (Å²) in [4.78, 5) is 4.15. The fraction of sp³-hybridized carbons (Fsp3) is 0.750. The molecule has 0 saturated heterocycles. The van der Waals surface area contributed by atoms with E-state index in [4.69, 9.17) is 0 Å². The van der Waals surface area contributed by atoms with Gasteiger partial charge in [-0.15, -0.1) is 0 Å². The van der Waals surface area contributed by atoms with E-state index in [1.165, 1.54) is 0 Å². The molecule has 1 aromatic heterocycles. The topological polar surface area (TPSA) is 42.7 Å². The zero-order chi connectivity index (χ0) is 8.81. The van der Waals surface area contributed by atoms with Gasteiger partial charge in [-0.05, 0) is 19.9 Å². The van der Waals surface area contributed by atoms with Crippen LogP contribution in [0, 0.1) is 0 Å². The number of aryl methyl sites for hydroxylation is 1. The van der Waals surface area contributed by atoms with Gasteiger partial charge in [0, 0.05) is 6.54 Å². The second-order valence-electron chi connectivity index (χ2n) is 2.67. The van der Waals surface area contributed by atoms with Crippen LogP contribution in [0.3, 0.4) is 0 Å². The van der Waals surface area contributed by atoms with Crippen molar-refractivity contribution in [1.29, 1.82) is 0 Å². The first kappa shape index (κ1) is 9.19. The van der Waals surface area contributed by atoms with Gasteiger partial charge in [0.25, 0.3) is 0 Å². The standard InChI is InChI=1S/C8H16N4/c1-3-5-9-6-8-10-7-11-12(8)4-2/h7,9H,3-6H2,1-2H3. The van der Waals surface area contributed by atoms with Crippen molar-refractivity contribution in [2.45, 2.75) is 33.4 Å². The van der Waals surface area contributed by atoms with Crippen molar-refractivity contribution in [3.63, 3.8) is 0 Å². The highest BCUT2D eigenvalue weighted by atomic mass is 15.3. The highest BCUT2D eigenvalue weighted by Crippen LogP contribution is 1.92. The molecule has 1 aromatic rings. The lowest BCUT2D eigenvalue weighted by Crippen LogP contribution is -2.17. The van der Waals surface area contributed by atoms with Crippen molar-refractivity contribution in [3.05, 3.63) is 12.2 Å². The molecule has 0 radical (unpaired) electrons. The molecule has 0 aliphatic carbocycles. The SMILES string of the molecule is CCCNCc1ncnn1CC. The van der Waals surface area contributed by atoms with Gasteiger partial charge in [0.05, 0.1) is 6.54 Å². The molecule has 0 aromatic carbocycles. The maximum atomic E-state index is 4.15. The first-order chi connectivity index (χ1) is 5.88. The Morgan fingerprint density at radius 3 is 3.00 bits per heavy atom. The zero-order valence-electron chi connectivity index (χ0n) is 7.75. The van der Waals surface area contributed by atoms with Crippen molar-refractivity contribution in [1.82, 2.24) is 20.1 Å². The Kier molecular flexibility index (Phi) is 3.73. The second-order valence-corrected chi connectivity index (χ2v) is 2.67. The number of aromatic nitrogens is 3. The molecular weight excluding hydrogens is 152 g/mol. The molecule has 1 rings (SSSR count). The van der Waals surface area contributed by atoms with E-state index in [1.807, 2.05) is 4.68 Å². The minimum absolute atomic E-state index is 0.821. The first-order valence-electron chi connectivity index (χ1n) is 4.45. The first-order valence-corrected chi connectivity index (χ1v) is 4.45. The number of nitrogens with one attached hydrogen (secondary N) is 1. The number of hydrogen-bond acceptors (Lipinski definition) is 3. The molecular formula is C8H16N4. The van der Waals surface area contributed by atoms with Gasteiger partial charge in [-0.3, -0.25) is 0 Å². The normalized spacial score (nSPS) is 10.5. The molecule has 0 saturated carbocycles. The number of nitrogens with zero attached hydrogens (tertiary/aromatic N) is 3. The molecule has 4 heteroatoms. The largest absolute Gasteiger partial charge is 0.310 e. The smallest absolute Gasteiger partial charge is 0.140 e. The summed E-state index contributed by atoms with van der Waals surface area (Å²) in [6.07, 6.45) is 2.76. The fourth-order valence-electron chi connectivity index (χ4n) is 1.07. The lowest BCUT2D eigenvalue weighted by Gasteiger charge is -2.03. The maximum Gasteiger partial charge on any atom is 0.140 e. The van der Waals surface area contributed by atoms with Crippen LogP contribution >= 0.6 is 0 Å². The van der Waals surface area contributed by atoms with E-state index in [1.54, 1.807) is 6.33 Å². The predicted molar refractivity (Wildman–Crippen MR) is 47.7 cm³/mol. The van der Waals surface area contributed by atoms with E-state index in [9.17, 15) is 0 Å². The summed E-state index contributed by atoms with van der Waals surface area (Å²) in [5, 5.41) is 7.37. The van der Waals surface area contributed by atoms with E-state index >= 15 is 0 Å². The molecule has 1 N–H and O–H groups in total. The van der Waals surface area contributed by atoms with Crippen LogP contribution in [0.1, 0.15) is 26.1 Å². The molecule has 0 fully saturated rings. The predicted octanol–water partition coefficient (Wildman–Crippen LogP) is 0.798. The van der Waals surface area contributed by atoms with Gasteiger partial charge >= 0.3 is 0 Å². The Bertz CT molecular complexity index is 219. The minimum atomic E-state index is 0.821. The summed E-state index contributed by atoms with van der Waals surface area (Å²) < 4.78 is 1.91. The Morgan fingerprint density at radius 1 is 1.50 bits per heavy atom.